The fourth-order valence-corrected chi connectivity index (χ4v) is 5.54. The lowest BCUT2D eigenvalue weighted by atomic mass is 10.3. The number of para-hydroxylation sites is 1. The number of benzene rings is 3. The van der Waals surface area contributed by atoms with Crippen LogP contribution in [0.3, 0.4) is 0 Å². The SMILES string of the molecule is CC(C)OC(=O)[C@H](C)N.CC(C)OC(=O)[C@H](C)NP(=O)(Oc1ccccc1)Oc1ccc([N+](=O)[O-])cc1.Cl.O=[N+]([O-])c1ccc(OP(=O)(Cl)Cl)cc1. The Balaban J connectivity index is 0.000000899. The van der Waals surface area contributed by atoms with Gasteiger partial charge in [-0.25, -0.2) is 9.13 Å². The van der Waals surface area contributed by atoms with Crippen LogP contribution in [0.25, 0.3) is 0 Å². The zero-order valence-corrected chi connectivity index (χ0v) is 32.8. The number of ether oxygens (including phenoxy) is 2. The molecule has 0 fully saturated rings. The van der Waals surface area contributed by atoms with E-state index in [0.29, 0.717) is 0 Å². The molecular formula is C30H39Cl3N4O13P2. The molecule has 3 rings (SSSR count). The first-order valence-corrected chi connectivity index (χ1v) is 19.7. The molecule has 0 saturated heterocycles. The van der Waals surface area contributed by atoms with Crippen molar-refractivity contribution < 1.29 is 51.6 Å². The molecule has 0 aliphatic rings. The minimum Gasteiger partial charge on any atom is -0.462 e. The zero-order valence-electron chi connectivity index (χ0n) is 28.7. The Morgan fingerprint density at radius 2 is 1.04 bits per heavy atom. The van der Waals surface area contributed by atoms with Crippen molar-refractivity contribution in [3.8, 4) is 17.2 Å². The van der Waals surface area contributed by atoms with Gasteiger partial charge in [0.25, 0.3) is 11.4 Å². The van der Waals surface area contributed by atoms with Gasteiger partial charge in [0.1, 0.15) is 29.3 Å². The molecule has 0 aliphatic carbocycles. The summed E-state index contributed by atoms with van der Waals surface area (Å²) >= 11 is 10.3. The molecule has 3 aromatic rings. The standard InChI is InChI=1S/C18H21N2O7P.C6H4Cl2NO4P.C6H13NO2.ClH/c1-13(2)25-18(21)14(3)19-28(24,26-16-7-5-4-6-8-16)27-17-11-9-15(10-12-17)20(22)23;7-14(8,12)13-6-3-1-5(2-4-6)9(10)11;1-4(2)9-6(8)5(3)7;/h4-14H,1-3H3,(H,19,24);1-4H;4-5H,7H2,1-3H3;1H/t14-,28?;;5-;/m0.0./s1. The summed E-state index contributed by atoms with van der Waals surface area (Å²) in [7, 11) is -4.08. The Morgan fingerprint density at radius 1 is 0.673 bits per heavy atom. The molecule has 3 N–H and O–H groups in total. The normalized spacial score (nSPS) is 12.8. The van der Waals surface area contributed by atoms with E-state index in [-0.39, 0.29) is 59.2 Å². The molecule has 0 spiro atoms. The van der Waals surface area contributed by atoms with Crippen LogP contribution in [0.15, 0.2) is 78.9 Å². The topological polar surface area (TPSA) is 239 Å². The number of hydrogen-bond donors (Lipinski definition) is 2. The second kappa shape index (κ2) is 22.9. The fraction of sp³-hybridized carbons (Fsp3) is 0.333. The highest BCUT2D eigenvalue weighted by Gasteiger charge is 2.34. The maximum atomic E-state index is 13.3. The van der Waals surface area contributed by atoms with E-state index in [1.165, 1.54) is 55.5 Å². The van der Waals surface area contributed by atoms with Crippen LogP contribution in [0.1, 0.15) is 41.5 Å². The van der Waals surface area contributed by atoms with E-state index in [1.54, 1.807) is 65.0 Å². The van der Waals surface area contributed by atoms with Gasteiger partial charge >= 0.3 is 25.8 Å². The van der Waals surface area contributed by atoms with E-state index in [9.17, 15) is 38.9 Å². The molecule has 0 heterocycles. The van der Waals surface area contributed by atoms with Crippen molar-refractivity contribution in [2.45, 2.75) is 65.8 Å². The largest absolute Gasteiger partial charge is 0.513 e. The molecule has 52 heavy (non-hydrogen) atoms. The Morgan fingerprint density at radius 3 is 1.37 bits per heavy atom. The number of rotatable bonds is 14. The number of non-ortho nitro benzene ring substituents is 2. The summed E-state index contributed by atoms with van der Waals surface area (Å²) in [6, 6.07) is 16.7. The summed E-state index contributed by atoms with van der Waals surface area (Å²) in [4.78, 5) is 42.6. The molecule has 3 aromatic carbocycles. The van der Waals surface area contributed by atoms with Crippen LogP contribution < -0.4 is 24.4 Å². The predicted octanol–water partition coefficient (Wildman–Crippen LogP) is 8.36. The number of halogens is 3. The van der Waals surface area contributed by atoms with E-state index in [2.05, 4.69) is 9.61 Å². The minimum absolute atomic E-state index is 0. The number of nitro benzene ring substituents is 2. The quantitative estimate of drug-likeness (QED) is 0.0671. The van der Waals surface area contributed by atoms with Crippen molar-refractivity contribution in [2.24, 2.45) is 5.73 Å². The molecule has 17 nitrogen and oxygen atoms in total. The highest BCUT2D eigenvalue weighted by atomic mass is 35.9. The van der Waals surface area contributed by atoms with Gasteiger partial charge < -0.3 is 28.8 Å². The van der Waals surface area contributed by atoms with Crippen LogP contribution in [-0.2, 0) is 28.2 Å². The summed E-state index contributed by atoms with van der Waals surface area (Å²) in [5, 5.41) is 23.6. The van der Waals surface area contributed by atoms with Gasteiger partial charge in [-0.05, 0) is 77.9 Å². The molecule has 288 valence electrons. The van der Waals surface area contributed by atoms with Crippen LogP contribution in [0, 0.1) is 20.2 Å². The average Bonchev–Trinajstić information content (AvgIpc) is 3.01. The van der Waals surface area contributed by atoms with E-state index < -0.39 is 41.7 Å². The molecule has 3 atom stereocenters. The molecule has 0 radical (unpaired) electrons. The molecular weight excluding hydrogens is 793 g/mol. The van der Waals surface area contributed by atoms with E-state index >= 15 is 0 Å². The second-order valence-electron chi connectivity index (χ2n) is 10.6. The summed E-state index contributed by atoms with van der Waals surface area (Å²) < 4.78 is 49.4. The molecule has 0 bridgehead atoms. The number of nitrogens with one attached hydrogen (secondary N) is 1. The highest BCUT2D eigenvalue weighted by molar-refractivity contribution is 8.05. The van der Waals surface area contributed by atoms with Crippen LogP contribution >= 0.6 is 48.7 Å². The fourth-order valence-electron chi connectivity index (χ4n) is 3.17. The van der Waals surface area contributed by atoms with Gasteiger partial charge in [-0.3, -0.25) is 29.8 Å². The average molecular weight is 832 g/mol. The van der Waals surface area contributed by atoms with Crippen molar-refractivity contribution in [3.63, 3.8) is 0 Å². The lowest BCUT2D eigenvalue weighted by Gasteiger charge is -2.23. The third kappa shape index (κ3) is 20.2. The minimum atomic E-state index is -4.08. The predicted molar refractivity (Wildman–Crippen MR) is 197 cm³/mol. The zero-order chi connectivity index (χ0) is 38.9. The first-order valence-electron chi connectivity index (χ1n) is 14.8. The van der Waals surface area contributed by atoms with Gasteiger partial charge in [-0.15, -0.1) is 12.4 Å². The van der Waals surface area contributed by atoms with Gasteiger partial charge in [0.15, 0.2) is 0 Å². The van der Waals surface area contributed by atoms with Crippen molar-refractivity contribution in [2.75, 3.05) is 0 Å². The third-order valence-electron chi connectivity index (χ3n) is 5.28. The van der Waals surface area contributed by atoms with Gasteiger partial charge in [-0.2, -0.15) is 5.09 Å². The van der Waals surface area contributed by atoms with Crippen molar-refractivity contribution in [1.82, 2.24) is 5.09 Å². The Kier molecular flexibility index (Phi) is 21.1. The molecule has 0 aliphatic heterocycles. The maximum absolute atomic E-state index is 13.3. The van der Waals surface area contributed by atoms with Gasteiger partial charge in [0.05, 0.1) is 22.1 Å². The van der Waals surface area contributed by atoms with Crippen LogP contribution in [0.4, 0.5) is 11.4 Å². The molecule has 0 amide bonds. The van der Waals surface area contributed by atoms with Crippen LogP contribution in [0.2, 0.25) is 0 Å². The molecule has 0 saturated carbocycles. The number of nitrogens with two attached hydrogens (primary N) is 1. The number of nitro groups is 2. The number of hydrogen-bond acceptors (Lipinski definition) is 14. The number of carbonyl (C=O) groups is 2. The smallest absolute Gasteiger partial charge is 0.462 e. The van der Waals surface area contributed by atoms with Crippen molar-refractivity contribution in [1.29, 1.82) is 0 Å². The first kappa shape index (κ1) is 48.0. The number of esters is 2. The van der Waals surface area contributed by atoms with Crippen LogP contribution in [-0.4, -0.2) is 46.1 Å². The van der Waals surface area contributed by atoms with Crippen molar-refractivity contribution >= 4 is 72.0 Å². The Bertz CT molecular complexity index is 1680. The second-order valence-corrected chi connectivity index (χ2v) is 16.4. The third-order valence-corrected chi connectivity index (χ3v) is 7.73. The molecule has 22 heteroatoms. The summed E-state index contributed by atoms with van der Waals surface area (Å²) in [5.74, 6) is -0.528. The lowest BCUT2D eigenvalue weighted by Crippen LogP contribution is -2.36. The van der Waals surface area contributed by atoms with Gasteiger partial charge in [0, 0.05) is 46.7 Å². The molecule has 0 aromatic heterocycles. The Hall–Kier alpha value is -3.95. The molecule has 1 unspecified atom stereocenters. The maximum Gasteiger partial charge on any atom is 0.513 e. The first-order chi connectivity index (χ1) is 23.6. The summed E-state index contributed by atoms with van der Waals surface area (Å²) in [5.41, 5.74) is 4.96. The van der Waals surface area contributed by atoms with Gasteiger partial charge in [0.2, 0.25) is 0 Å². The van der Waals surface area contributed by atoms with E-state index in [0.717, 1.165) is 0 Å². The van der Waals surface area contributed by atoms with E-state index in [1.807, 2.05) is 0 Å². The lowest BCUT2D eigenvalue weighted by molar-refractivity contribution is -0.385. The van der Waals surface area contributed by atoms with Crippen molar-refractivity contribution in [3.05, 3.63) is 99.1 Å². The summed E-state index contributed by atoms with van der Waals surface area (Å²) in [6.45, 7) is 10.0. The Labute approximate surface area is 315 Å². The highest BCUT2D eigenvalue weighted by Crippen LogP contribution is 2.57. The van der Waals surface area contributed by atoms with Crippen LogP contribution in [0.5, 0.6) is 17.2 Å². The number of carbonyl (C=O) groups excluding carboxylic acids is 2. The number of nitrogens with zero attached hydrogens (tertiary/aromatic N) is 2. The van der Waals surface area contributed by atoms with Gasteiger partial charge in [-0.1, -0.05) is 18.2 Å². The monoisotopic (exact) mass is 830 g/mol. The summed E-state index contributed by atoms with van der Waals surface area (Å²) in [6.07, 6.45) is -4.06. The van der Waals surface area contributed by atoms with E-state index in [4.69, 9.17) is 46.7 Å².